The van der Waals surface area contributed by atoms with E-state index >= 15 is 0 Å². The fourth-order valence-electron chi connectivity index (χ4n) is 3.60. The van der Waals surface area contributed by atoms with Gasteiger partial charge in [-0.05, 0) is 36.3 Å². The standard InChI is InChI=1S/C19H28F2N2O2/c1-19(2,3)13-8-4-5-9-14(13)22-12-17(24)23-15-10-6-7-11-16(15)25-18(20)21/h6-7,10-11,13-14,18,22H,4-5,8-9,12H2,1-3H3,(H,23,24). The summed E-state index contributed by atoms with van der Waals surface area (Å²) >= 11 is 0. The van der Waals surface area contributed by atoms with E-state index in [0.717, 1.165) is 19.3 Å². The van der Waals surface area contributed by atoms with Gasteiger partial charge in [0.15, 0.2) is 0 Å². The van der Waals surface area contributed by atoms with E-state index in [1.54, 1.807) is 18.2 Å². The van der Waals surface area contributed by atoms with Crippen LogP contribution in [0.3, 0.4) is 0 Å². The molecule has 1 aromatic rings. The zero-order valence-electron chi connectivity index (χ0n) is 15.1. The highest BCUT2D eigenvalue weighted by Gasteiger charge is 2.33. The van der Waals surface area contributed by atoms with Crippen molar-refractivity contribution in [2.75, 3.05) is 11.9 Å². The average Bonchev–Trinajstić information content (AvgIpc) is 2.54. The molecule has 0 heterocycles. The number of amides is 1. The van der Waals surface area contributed by atoms with Crippen LogP contribution in [-0.4, -0.2) is 25.1 Å². The minimum absolute atomic E-state index is 0.0314. The van der Waals surface area contributed by atoms with Crippen molar-refractivity contribution < 1.29 is 18.3 Å². The molecule has 1 amide bonds. The number of alkyl halides is 2. The lowest BCUT2D eigenvalue weighted by Crippen LogP contribution is -2.46. The second kappa shape index (κ2) is 8.61. The molecule has 0 spiro atoms. The molecule has 1 aliphatic rings. The predicted octanol–water partition coefficient (Wildman–Crippen LogP) is 4.42. The highest BCUT2D eigenvalue weighted by molar-refractivity contribution is 5.93. The van der Waals surface area contributed by atoms with Crippen molar-refractivity contribution in [2.24, 2.45) is 11.3 Å². The van der Waals surface area contributed by atoms with Crippen molar-refractivity contribution in [1.29, 1.82) is 0 Å². The van der Waals surface area contributed by atoms with E-state index in [1.807, 2.05) is 0 Å². The molecule has 1 aliphatic carbocycles. The van der Waals surface area contributed by atoms with E-state index in [9.17, 15) is 13.6 Å². The molecule has 0 radical (unpaired) electrons. The van der Waals surface area contributed by atoms with Crippen LogP contribution in [-0.2, 0) is 4.79 Å². The van der Waals surface area contributed by atoms with Gasteiger partial charge in [0.1, 0.15) is 5.75 Å². The maximum Gasteiger partial charge on any atom is 0.387 e. The molecule has 1 fully saturated rings. The molecule has 2 atom stereocenters. The lowest BCUT2D eigenvalue weighted by molar-refractivity contribution is -0.115. The van der Waals surface area contributed by atoms with Crippen LogP contribution in [0.25, 0.3) is 0 Å². The Bertz CT molecular complexity index is 573. The molecule has 25 heavy (non-hydrogen) atoms. The zero-order chi connectivity index (χ0) is 18.4. The second-order valence-corrected chi connectivity index (χ2v) is 7.67. The van der Waals surface area contributed by atoms with Gasteiger partial charge in [-0.3, -0.25) is 4.79 Å². The summed E-state index contributed by atoms with van der Waals surface area (Å²) in [6.07, 6.45) is 4.61. The van der Waals surface area contributed by atoms with Crippen molar-refractivity contribution >= 4 is 11.6 Å². The number of ether oxygens (including phenoxy) is 1. The Balaban J connectivity index is 1.92. The van der Waals surface area contributed by atoms with Crippen LogP contribution in [0.5, 0.6) is 5.75 Å². The Morgan fingerprint density at radius 1 is 1.24 bits per heavy atom. The minimum atomic E-state index is -2.93. The van der Waals surface area contributed by atoms with Crippen molar-refractivity contribution in [1.82, 2.24) is 5.32 Å². The maximum atomic E-state index is 12.4. The monoisotopic (exact) mass is 354 g/mol. The first-order chi connectivity index (χ1) is 11.8. The predicted molar refractivity (Wildman–Crippen MR) is 94.9 cm³/mol. The molecule has 0 saturated heterocycles. The van der Waals surface area contributed by atoms with Gasteiger partial charge in [-0.1, -0.05) is 45.7 Å². The third-order valence-electron chi connectivity index (χ3n) is 4.78. The normalized spacial score (nSPS) is 21.2. The van der Waals surface area contributed by atoms with Gasteiger partial charge in [-0.25, -0.2) is 0 Å². The third kappa shape index (κ3) is 5.96. The molecule has 2 N–H and O–H groups in total. The van der Waals surface area contributed by atoms with Crippen molar-refractivity contribution in [2.45, 2.75) is 59.1 Å². The summed E-state index contributed by atoms with van der Waals surface area (Å²) in [7, 11) is 0. The number of benzene rings is 1. The lowest BCUT2D eigenvalue weighted by atomic mass is 9.69. The number of anilines is 1. The molecule has 0 bridgehead atoms. The summed E-state index contributed by atoms with van der Waals surface area (Å²) in [5.41, 5.74) is 0.442. The van der Waals surface area contributed by atoms with Gasteiger partial charge in [-0.2, -0.15) is 8.78 Å². The number of rotatable bonds is 6. The van der Waals surface area contributed by atoms with E-state index in [-0.39, 0.29) is 29.3 Å². The lowest BCUT2D eigenvalue weighted by Gasteiger charge is -2.40. The van der Waals surface area contributed by atoms with Gasteiger partial charge in [0.2, 0.25) is 5.91 Å². The van der Waals surface area contributed by atoms with Crippen molar-refractivity contribution in [3.8, 4) is 5.75 Å². The van der Waals surface area contributed by atoms with Gasteiger partial charge in [0, 0.05) is 6.04 Å². The molecular weight excluding hydrogens is 326 g/mol. The largest absolute Gasteiger partial charge is 0.433 e. The van der Waals surface area contributed by atoms with Crippen LogP contribution in [0, 0.1) is 11.3 Å². The first-order valence-corrected chi connectivity index (χ1v) is 8.84. The molecule has 2 unspecified atom stereocenters. The molecule has 1 aromatic carbocycles. The van der Waals surface area contributed by atoms with E-state index < -0.39 is 6.61 Å². The third-order valence-corrected chi connectivity index (χ3v) is 4.78. The van der Waals surface area contributed by atoms with Crippen LogP contribution < -0.4 is 15.4 Å². The Kier molecular flexibility index (Phi) is 6.76. The molecule has 140 valence electrons. The number of para-hydroxylation sites is 2. The topological polar surface area (TPSA) is 50.4 Å². The van der Waals surface area contributed by atoms with Crippen LogP contribution in [0.1, 0.15) is 46.5 Å². The van der Waals surface area contributed by atoms with Crippen LogP contribution in [0.15, 0.2) is 24.3 Å². The number of hydrogen-bond acceptors (Lipinski definition) is 3. The molecule has 1 saturated carbocycles. The summed E-state index contributed by atoms with van der Waals surface area (Å²) in [4.78, 5) is 12.2. The Labute approximate surface area is 148 Å². The first kappa shape index (κ1) is 19.6. The van der Waals surface area contributed by atoms with Gasteiger partial charge in [-0.15, -0.1) is 0 Å². The Morgan fingerprint density at radius 3 is 2.60 bits per heavy atom. The van der Waals surface area contributed by atoms with Crippen molar-refractivity contribution in [3.05, 3.63) is 24.3 Å². The maximum absolute atomic E-state index is 12.4. The Hall–Kier alpha value is -1.69. The fraction of sp³-hybridized carbons (Fsp3) is 0.632. The van der Waals surface area contributed by atoms with E-state index in [1.165, 1.54) is 12.5 Å². The van der Waals surface area contributed by atoms with Gasteiger partial charge >= 0.3 is 6.61 Å². The summed E-state index contributed by atoms with van der Waals surface area (Å²) < 4.78 is 29.3. The van der Waals surface area contributed by atoms with Crippen molar-refractivity contribution in [3.63, 3.8) is 0 Å². The first-order valence-electron chi connectivity index (χ1n) is 8.84. The highest BCUT2D eigenvalue weighted by atomic mass is 19.3. The molecule has 2 rings (SSSR count). The second-order valence-electron chi connectivity index (χ2n) is 7.67. The highest BCUT2D eigenvalue weighted by Crippen LogP contribution is 2.37. The van der Waals surface area contributed by atoms with Gasteiger partial charge < -0.3 is 15.4 Å². The van der Waals surface area contributed by atoms with Crippen LogP contribution >= 0.6 is 0 Å². The van der Waals surface area contributed by atoms with Gasteiger partial charge in [0.05, 0.1) is 12.2 Å². The molecular formula is C19H28F2N2O2. The van der Waals surface area contributed by atoms with E-state index in [2.05, 4.69) is 36.1 Å². The average molecular weight is 354 g/mol. The quantitative estimate of drug-likeness (QED) is 0.795. The number of nitrogens with one attached hydrogen (secondary N) is 2. The zero-order valence-corrected chi connectivity index (χ0v) is 15.1. The summed E-state index contributed by atoms with van der Waals surface area (Å²) in [6, 6.07) is 6.51. The van der Waals surface area contributed by atoms with E-state index in [0.29, 0.717) is 12.0 Å². The SMILES string of the molecule is CC(C)(C)C1CCCCC1NCC(=O)Nc1ccccc1OC(F)F. The fourth-order valence-corrected chi connectivity index (χ4v) is 3.60. The molecule has 0 aliphatic heterocycles. The number of halogens is 2. The van der Waals surface area contributed by atoms with Crippen LogP contribution in [0.4, 0.5) is 14.5 Å². The molecule has 0 aromatic heterocycles. The smallest absolute Gasteiger partial charge is 0.387 e. The summed E-state index contributed by atoms with van der Waals surface area (Å²) in [5, 5.41) is 6.01. The number of hydrogen-bond donors (Lipinski definition) is 2. The van der Waals surface area contributed by atoms with E-state index in [4.69, 9.17) is 0 Å². The molecule has 4 nitrogen and oxygen atoms in total. The van der Waals surface area contributed by atoms with Crippen LogP contribution in [0.2, 0.25) is 0 Å². The molecule has 6 heteroatoms. The number of carbonyl (C=O) groups is 1. The minimum Gasteiger partial charge on any atom is -0.433 e. The van der Waals surface area contributed by atoms with Gasteiger partial charge in [0.25, 0.3) is 0 Å². The summed E-state index contributed by atoms with van der Waals surface area (Å²) in [5.74, 6) is 0.225. The summed E-state index contributed by atoms with van der Waals surface area (Å²) in [6.45, 7) is 3.92. The number of carbonyl (C=O) groups excluding carboxylic acids is 1. The Morgan fingerprint density at radius 2 is 1.92 bits per heavy atom.